The summed E-state index contributed by atoms with van der Waals surface area (Å²) in [6.07, 6.45) is 1.90. The van der Waals surface area contributed by atoms with Crippen LogP contribution in [0.25, 0.3) is 0 Å². The van der Waals surface area contributed by atoms with Gasteiger partial charge in [0.15, 0.2) is 0 Å². The van der Waals surface area contributed by atoms with Gasteiger partial charge in [-0.2, -0.15) is 0 Å². The number of aliphatic carboxylic acids is 1. The van der Waals surface area contributed by atoms with Crippen molar-refractivity contribution in [2.45, 2.75) is 40.3 Å². The van der Waals surface area contributed by atoms with Crippen molar-refractivity contribution in [2.24, 2.45) is 5.92 Å². The molecule has 0 radical (unpaired) electrons. The fourth-order valence-electron chi connectivity index (χ4n) is 2.72. The summed E-state index contributed by atoms with van der Waals surface area (Å²) in [5, 5.41) is 19.6. The van der Waals surface area contributed by atoms with Gasteiger partial charge in [0.25, 0.3) is 5.97 Å². The number of carboxylic acid groups (broad SMARTS) is 1. The molecule has 1 saturated heterocycles. The Morgan fingerprint density at radius 3 is 2.80 bits per heavy atom. The van der Waals surface area contributed by atoms with Gasteiger partial charge in [-0.1, -0.05) is 11.3 Å². The van der Waals surface area contributed by atoms with Gasteiger partial charge >= 0.3 is 0 Å². The molecule has 0 bridgehead atoms. The van der Waals surface area contributed by atoms with E-state index in [1.54, 1.807) is 6.20 Å². The lowest BCUT2D eigenvalue weighted by atomic mass is 10.1. The summed E-state index contributed by atoms with van der Waals surface area (Å²) in [5.74, 6) is -1.46. The average Bonchev–Trinajstić information content (AvgIpc) is 3.30. The zero-order valence-corrected chi connectivity index (χ0v) is 17.9. The Kier molecular flexibility index (Phi) is 8.81. The molecule has 0 saturated carbocycles. The van der Waals surface area contributed by atoms with Crippen LogP contribution in [0.3, 0.4) is 0 Å². The Balaban J connectivity index is 0.000000735. The van der Waals surface area contributed by atoms with Crippen molar-refractivity contribution in [3.63, 3.8) is 0 Å². The molecule has 2 aromatic rings. The number of carboxylic acids is 1. The highest BCUT2D eigenvalue weighted by Crippen LogP contribution is 2.28. The molecule has 162 valence electrons. The number of rotatable bonds is 7. The molecule has 1 aliphatic rings. The molecule has 0 aromatic carbocycles. The van der Waals surface area contributed by atoms with Crippen molar-refractivity contribution in [1.82, 2.24) is 20.5 Å². The monoisotopic (exact) mass is 435 g/mol. The molecule has 30 heavy (non-hydrogen) atoms. The molecule has 2 aromatic heterocycles. The van der Waals surface area contributed by atoms with E-state index < -0.39 is 5.97 Å². The number of carbonyl (C=O) groups is 3. The molecule has 2 N–H and O–H groups in total. The maximum Gasteiger partial charge on any atom is 0.300 e. The number of hydrogen-bond acceptors (Lipinski definition) is 8. The Hall–Kier alpha value is -2.92. The molecule has 3 rings (SSSR count). The minimum absolute atomic E-state index is 0.107. The Labute approximate surface area is 178 Å². The highest BCUT2D eigenvalue weighted by molar-refractivity contribution is 7.15. The van der Waals surface area contributed by atoms with E-state index in [1.165, 1.54) is 16.2 Å². The van der Waals surface area contributed by atoms with Gasteiger partial charge in [-0.25, -0.2) is 0 Å². The summed E-state index contributed by atoms with van der Waals surface area (Å²) in [4.78, 5) is 39.4. The number of aromatic nitrogens is 3. The molecule has 3 heterocycles. The quantitative estimate of drug-likeness (QED) is 0.669. The van der Waals surface area contributed by atoms with Crippen LogP contribution in [-0.2, 0) is 32.3 Å². The maximum atomic E-state index is 12.4. The lowest BCUT2D eigenvalue weighted by Gasteiger charge is -2.12. The number of aryl methyl sites for hydroxylation is 1. The smallest absolute Gasteiger partial charge is 0.300 e. The van der Waals surface area contributed by atoms with Crippen molar-refractivity contribution >= 4 is 34.3 Å². The van der Waals surface area contributed by atoms with E-state index in [4.69, 9.17) is 14.6 Å². The van der Waals surface area contributed by atoms with Crippen LogP contribution < -0.4 is 10.2 Å². The molecule has 11 heteroatoms. The predicted octanol–water partition coefficient (Wildman–Crippen LogP) is 1.54. The third-order valence-electron chi connectivity index (χ3n) is 4.04. The van der Waals surface area contributed by atoms with Crippen LogP contribution >= 0.6 is 11.3 Å². The highest BCUT2D eigenvalue weighted by atomic mass is 32.1. The highest BCUT2D eigenvalue weighted by Gasteiger charge is 2.36. The topological polar surface area (TPSA) is 135 Å². The van der Waals surface area contributed by atoms with Gasteiger partial charge in [0.2, 0.25) is 16.9 Å². The van der Waals surface area contributed by atoms with E-state index in [-0.39, 0.29) is 24.2 Å². The number of nitrogens with zero attached hydrogens (tertiary/aromatic N) is 4. The molecule has 2 amide bonds. The third kappa shape index (κ3) is 7.16. The van der Waals surface area contributed by atoms with Gasteiger partial charge in [-0.05, 0) is 31.5 Å². The van der Waals surface area contributed by atoms with Crippen molar-refractivity contribution in [3.05, 3.63) is 34.6 Å². The molecule has 0 aliphatic carbocycles. The van der Waals surface area contributed by atoms with Crippen LogP contribution in [0.1, 0.15) is 36.5 Å². The van der Waals surface area contributed by atoms with E-state index in [0.29, 0.717) is 31.4 Å². The van der Waals surface area contributed by atoms with Crippen molar-refractivity contribution in [3.8, 4) is 0 Å². The minimum Gasteiger partial charge on any atom is -0.481 e. The first-order valence-corrected chi connectivity index (χ1v) is 10.2. The number of carbonyl (C=O) groups excluding carboxylic acids is 2. The Morgan fingerprint density at radius 1 is 1.40 bits per heavy atom. The summed E-state index contributed by atoms with van der Waals surface area (Å²) >= 11 is 1.32. The molecular weight excluding hydrogens is 410 g/mol. The largest absolute Gasteiger partial charge is 0.481 e. The van der Waals surface area contributed by atoms with Gasteiger partial charge < -0.3 is 15.2 Å². The molecule has 1 atom stereocenters. The standard InChI is InChI=1S/C17H21N5O3S.C2H4O2/c1-3-25-10-14-20-21-17(26-14)22-9-13(7-15(22)23)16(24)19-8-12-4-5-18-11(2)6-12;1-2(3)4/h4-6,13H,3,7-10H2,1-2H3,(H,19,24);1H3,(H,3,4). The van der Waals surface area contributed by atoms with Crippen molar-refractivity contribution < 1.29 is 24.2 Å². The molecule has 1 unspecified atom stereocenters. The SMILES string of the molecule is CC(=O)O.CCOCc1nnc(N2CC(C(=O)NCc3ccnc(C)c3)CC2=O)s1. The second kappa shape index (κ2) is 11.3. The summed E-state index contributed by atoms with van der Waals surface area (Å²) in [6.45, 7) is 6.61. The van der Waals surface area contributed by atoms with Crippen LogP contribution in [0.2, 0.25) is 0 Å². The number of amides is 2. The summed E-state index contributed by atoms with van der Waals surface area (Å²) in [6, 6.07) is 3.79. The van der Waals surface area contributed by atoms with Gasteiger partial charge in [0, 0.05) is 44.9 Å². The average molecular weight is 436 g/mol. The fraction of sp³-hybridized carbons (Fsp3) is 0.474. The first-order chi connectivity index (χ1) is 14.3. The van der Waals surface area contributed by atoms with Gasteiger partial charge in [-0.3, -0.25) is 24.3 Å². The normalized spacial score (nSPS) is 15.5. The molecule has 1 fully saturated rings. The number of ether oxygens (including phenoxy) is 1. The molecular formula is C19H25N5O5S. The van der Waals surface area contributed by atoms with Gasteiger partial charge in [-0.15, -0.1) is 10.2 Å². The van der Waals surface area contributed by atoms with E-state index in [1.807, 2.05) is 26.0 Å². The number of pyridine rings is 1. The van der Waals surface area contributed by atoms with Crippen LogP contribution in [0.15, 0.2) is 18.3 Å². The summed E-state index contributed by atoms with van der Waals surface area (Å²) in [5.41, 5.74) is 1.88. The Bertz CT molecular complexity index is 884. The van der Waals surface area contributed by atoms with Gasteiger partial charge in [0.05, 0.1) is 5.92 Å². The zero-order chi connectivity index (χ0) is 22.1. The van der Waals surface area contributed by atoms with E-state index in [0.717, 1.165) is 23.2 Å². The van der Waals surface area contributed by atoms with Crippen molar-refractivity contribution in [1.29, 1.82) is 0 Å². The lowest BCUT2D eigenvalue weighted by molar-refractivity contribution is -0.134. The van der Waals surface area contributed by atoms with E-state index in [9.17, 15) is 9.59 Å². The Morgan fingerprint density at radius 2 is 2.13 bits per heavy atom. The van der Waals surface area contributed by atoms with Gasteiger partial charge in [0.1, 0.15) is 11.6 Å². The number of hydrogen-bond donors (Lipinski definition) is 2. The van der Waals surface area contributed by atoms with Crippen LogP contribution in [0, 0.1) is 12.8 Å². The van der Waals surface area contributed by atoms with Crippen LogP contribution in [0.4, 0.5) is 5.13 Å². The summed E-state index contributed by atoms with van der Waals surface area (Å²) in [7, 11) is 0. The minimum atomic E-state index is -0.833. The second-order valence-electron chi connectivity index (χ2n) is 6.56. The van der Waals surface area contributed by atoms with Crippen LogP contribution in [0.5, 0.6) is 0 Å². The van der Waals surface area contributed by atoms with E-state index >= 15 is 0 Å². The third-order valence-corrected chi connectivity index (χ3v) is 4.96. The molecule has 10 nitrogen and oxygen atoms in total. The predicted molar refractivity (Wildman–Crippen MR) is 110 cm³/mol. The number of anilines is 1. The van der Waals surface area contributed by atoms with E-state index in [2.05, 4.69) is 20.5 Å². The maximum absolute atomic E-state index is 12.4. The molecule has 1 aliphatic heterocycles. The van der Waals surface area contributed by atoms with Crippen molar-refractivity contribution in [2.75, 3.05) is 18.1 Å². The molecule has 0 spiro atoms. The summed E-state index contributed by atoms with van der Waals surface area (Å²) < 4.78 is 5.30. The van der Waals surface area contributed by atoms with Crippen LogP contribution in [-0.4, -0.2) is 51.2 Å². The second-order valence-corrected chi connectivity index (χ2v) is 7.60. The first kappa shape index (κ1) is 23.4. The fourth-order valence-corrected chi connectivity index (χ4v) is 3.52. The first-order valence-electron chi connectivity index (χ1n) is 9.39. The lowest BCUT2D eigenvalue weighted by Crippen LogP contribution is -2.32. The number of nitrogens with one attached hydrogen (secondary N) is 1. The zero-order valence-electron chi connectivity index (χ0n) is 17.1.